The summed E-state index contributed by atoms with van der Waals surface area (Å²) in [5, 5.41) is 0. The lowest BCUT2D eigenvalue weighted by Crippen LogP contribution is -2.15. The van der Waals surface area contributed by atoms with Crippen LogP contribution in [0.5, 0.6) is 0 Å². The third kappa shape index (κ3) is 1.58. The van der Waals surface area contributed by atoms with Crippen molar-refractivity contribution < 1.29 is 14.2 Å². The minimum Gasteiger partial charge on any atom is -0.352 e. The van der Waals surface area contributed by atoms with Crippen LogP contribution in [0.4, 0.5) is 0 Å². The zero-order valence-electron chi connectivity index (χ0n) is 5.83. The van der Waals surface area contributed by atoms with Crippen LogP contribution in [0.3, 0.4) is 0 Å². The molecule has 1 aliphatic rings. The third-order valence-electron chi connectivity index (χ3n) is 1.22. The Morgan fingerprint density at radius 2 is 2.20 bits per heavy atom. The second-order valence-corrected chi connectivity index (χ2v) is 2.78. The Morgan fingerprint density at radius 3 is 2.50 bits per heavy atom. The summed E-state index contributed by atoms with van der Waals surface area (Å²) < 4.78 is 15.9. The summed E-state index contributed by atoms with van der Waals surface area (Å²) in [4.78, 5) is 0. The van der Waals surface area contributed by atoms with E-state index in [0.717, 1.165) is 4.48 Å². The summed E-state index contributed by atoms with van der Waals surface area (Å²) in [5.74, 6) is 0. The maximum atomic E-state index is 5.19. The van der Waals surface area contributed by atoms with Gasteiger partial charge in [0.1, 0.15) is 0 Å². The number of methoxy groups -OCH3 is 2. The van der Waals surface area contributed by atoms with Gasteiger partial charge < -0.3 is 14.2 Å². The fraction of sp³-hybridized carbons (Fsp3) is 0.667. The second-order valence-electron chi connectivity index (χ2n) is 1.86. The van der Waals surface area contributed by atoms with Gasteiger partial charge in [0, 0.05) is 14.2 Å². The molecule has 1 heterocycles. The first-order valence-corrected chi connectivity index (χ1v) is 3.65. The molecule has 1 aliphatic heterocycles. The molecule has 0 fully saturated rings. The average molecular weight is 209 g/mol. The van der Waals surface area contributed by atoms with E-state index in [1.807, 2.05) is 6.08 Å². The molecule has 10 heavy (non-hydrogen) atoms. The molecule has 0 spiro atoms. The largest absolute Gasteiger partial charge is 0.352 e. The van der Waals surface area contributed by atoms with Crippen LogP contribution in [-0.2, 0) is 14.2 Å². The molecule has 0 aromatic carbocycles. The van der Waals surface area contributed by atoms with Gasteiger partial charge in [-0.1, -0.05) is 15.9 Å². The molecule has 0 aliphatic carbocycles. The van der Waals surface area contributed by atoms with E-state index in [9.17, 15) is 0 Å². The number of ether oxygens (including phenoxy) is 3. The molecule has 0 saturated heterocycles. The molecule has 4 heteroatoms. The summed E-state index contributed by atoms with van der Waals surface area (Å²) in [5.41, 5.74) is 0. The molecule has 0 N–H and O–H groups in total. The smallest absolute Gasteiger partial charge is 0.193 e. The van der Waals surface area contributed by atoms with Gasteiger partial charge >= 0.3 is 0 Å². The Kier molecular flexibility index (Phi) is 2.85. The summed E-state index contributed by atoms with van der Waals surface area (Å²) in [6.07, 6.45) is 1.23. The van der Waals surface area contributed by atoms with Crippen molar-refractivity contribution in [3.05, 3.63) is 10.6 Å². The molecule has 0 radical (unpaired) electrons. The number of hydrogen-bond acceptors (Lipinski definition) is 3. The van der Waals surface area contributed by atoms with E-state index in [1.165, 1.54) is 0 Å². The van der Waals surface area contributed by atoms with Gasteiger partial charge in [0.25, 0.3) is 0 Å². The normalized spacial score (nSPS) is 32.5. The number of halogens is 1. The van der Waals surface area contributed by atoms with Crippen molar-refractivity contribution in [3.8, 4) is 0 Å². The molecule has 0 aromatic rings. The quantitative estimate of drug-likeness (QED) is 0.684. The van der Waals surface area contributed by atoms with Crippen LogP contribution in [0, 0.1) is 0 Å². The first-order chi connectivity index (χ1) is 4.77. The molecular weight excluding hydrogens is 200 g/mol. The highest BCUT2D eigenvalue weighted by Gasteiger charge is 2.24. The second kappa shape index (κ2) is 3.48. The van der Waals surface area contributed by atoms with Gasteiger partial charge in [-0.05, 0) is 6.08 Å². The van der Waals surface area contributed by atoms with Crippen LogP contribution < -0.4 is 0 Å². The van der Waals surface area contributed by atoms with Gasteiger partial charge in [-0.3, -0.25) is 0 Å². The van der Waals surface area contributed by atoms with Crippen LogP contribution in [0.1, 0.15) is 0 Å². The predicted molar refractivity (Wildman–Crippen MR) is 39.7 cm³/mol. The lowest BCUT2D eigenvalue weighted by atomic mass is 10.5. The average Bonchev–Trinajstić information content (AvgIpc) is 2.30. The zero-order valence-corrected chi connectivity index (χ0v) is 7.42. The van der Waals surface area contributed by atoms with Crippen LogP contribution in [0.2, 0.25) is 0 Å². The molecular formula is C6H9BrO3. The molecule has 1 rings (SSSR count). The Hall–Kier alpha value is 0.1000. The number of rotatable bonds is 2. The molecule has 0 amide bonds. The molecule has 58 valence electrons. The fourth-order valence-corrected chi connectivity index (χ4v) is 1.24. The van der Waals surface area contributed by atoms with E-state index in [4.69, 9.17) is 14.2 Å². The SMILES string of the molecule is COC1C=C(Br)C(OC)O1. The topological polar surface area (TPSA) is 27.7 Å². The van der Waals surface area contributed by atoms with E-state index in [0.29, 0.717) is 0 Å². The predicted octanol–water partition coefficient (Wildman–Crippen LogP) is 1.24. The fourth-order valence-electron chi connectivity index (χ4n) is 0.726. The first-order valence-electron chi connectivity index (χ1n) is 2.86. The highest BCUT2D eigenvalue weighted by molar-refractivity contribution is 9.11. The van der Waals surface area contributed by atoms with E-state index in [-0.39, 0.29) is 12.6 Å². The number of hydrogen-bond donors (Lipinski definition) is 0. The van der Waals surface area contributed by atoms with E-state index in [1.54, 1.807) is 14.2 Å². The van der Waals surface area contributed by atoms with Gasteiger partial charge in [-0.15, -0.1) is 0 Å². The van der Waals surface area contributed by atoms with Crippen molar-refractivity contribution in [2.45, 2.75) is 12.6 Å². The minimum atomic E-state index is -0.301. The molecule has 0 bridgehead atoms. The summed E-state index contributed by atoms with van der Waals surface area (Å²) in [6.45, 7) is 0. The van der Waals surface area contributed by atoms with Crippen molar-refractivity contribution in [3.63, 3.8) is 0 Å². The summed E-state index contributed by atoms with van der Waals surface area (Å²) in [6, 6.07) is 0. The highest BCUT2D eigenvalue weighted by atomic mass is 79.9. The van der Waals surface area contributed by atoms with Crippen LogP contribution in [-0.4, -0.2) is 26.8 Å². The lowest BCUT2D eigenvalue weighted by Gasteiger charge is -2.10. The summed E-state index contributed by atoms with van der Waals surface area (Å²) in [7, 11) is 3.16. The van der Waals surface area contributed by atoms with Gasteiger partial charge in [0.15, 0.2) is 12.6 Å². The lowest BCUT2D eigenvalue weighted by molar-refractivity contribution is -0.174. The van der Waals surface area contributed by atoms with Crippen molar-refractivity contribution >= 4 is 15.9 Å². The van der Waals surface area contributed by atoms with Gasteiger partial charge in [0.05, 0.1) is 4.48 Å². The minimum absolute atomic E-state index is 0.278. The van der Waals surface area contributed by atoms with E-state index in [2.05, 4.69) is 15.9 Å². The molecule has 2 unspecified atom stereocenters. The van der Waals surface area contributed by atoms with Crippen LogP contribution in [0.25, 0.3) is 0 Å². The Labute approximate surface area is 68.1 Å². The molecule has 0 saturated carbocycles. The third-order valence-corrected chi connectivity index (χ3v) is 1.86. The Morgan fingerprint density at radius 1 is 1.50 bits per heavy atom. The van der Waals surface area contributed by atoms with Crippen LogP contribution >= 0.6 is 15.9 Å². The van der Waals surface area contributed by atoms with Crippen molar-refractivity contribution in [1.82, 2.24) is 0 Å². The zero-order chi connectivity index (χ0) is 7.56. The Balaban J connectivity index is 2.50. The van der Waals surface area contributed by atoms with Gasteiger partial charge in [-0.2, -0.15) is 0 Å². The maximum Gasteiger partial charge on any atom is 0.193 e. The Bertz CT molecular complexity index is 146. The standard InChI is InChI=1S/C6H9BrO3/c1-8-5-3-4(7)6(9-2)10-5/h3,5-6H,1-2H3. The van der Waals surface area contributed by atoms with Crippen LogP contribution in [0.15, 0.2) is 10.6 Å². The van der Waals surface area contributed by atoms with E-state index >= 15 is 0 Å². The monoisotopic (exact) mass is 208 g/mol. The van der Waals surface area contributed by atoms with E-state index < -0.39 is 0 Å². The maximum absolute atomic E-state index is 5.19. The molecule has 0 aromatic heterocycles. The summed E-state index contributed by atoms with van der Waals surface area (Å²) >= 11 is 3.28. The first kappa shape index (κ1) is 8.20. The van der Waals surface area contributed by atoms with Crippen molar-refractivity contribution in [1.29, 1.82) is 0 Å². The van der Waals surface area contributed by atoms with Gasteiger partial charge in [0.2, 0.25) is 0 Å². The van der Waals surface area contributed by atoms with Crippen molar-refractivity contribution in [2.24, 2.45) is 0 Å². The molecule has 2 atom stereocenters. The molecule has 3 nitrogen and oxygen atoms in total. The van der Waals surface area contributed by atoms with Gasteiger partial charge in [-0.25, -0.2) is 0 Å². The highest BCUT2D eigenvalue weighted by Crippen LogP contribution is 2.24. The van der Waals surface area contributed by atoms with Crippen molar-refractivity contribution in [2.75, 3.05) is 14.2 Å².